The van der Waals surface area contributed by atoms with E-state index in [0.29, 0.717) is 25.4 Å². The summed E-state index contributed by atoms with van der Waals surface area (Å²) in [5.41, 5.74) is 0.188. The van der Waals surface area contributed by atoms with Crippen LogP contribution in [0.2, 0.25) is 0 Å². The average molecular weight is 304 g/mol. The van der Waals surface area contributed by atoms with Gasteiger partial charge in [-0.05, 0) is 32.3 Å². The highest BCUT2D eigenvalue weighted by Crippen LogP contribution is 2.33. The molecule has 1 aliphatic heterocycles. The molecule has 0 aliphatic carbocycles. The molecule has 1 fully saturated rings. The van der Waals surface area contributed by atoms with Gasteiger partial charge in [0.15, 0.2) is 0 Å². The minimum atomic E-state index is -0.513. The molecule has 0 radical (unpaired) electrons. The maximum absolute atomic E-state index is 12.1. The van der Waals surface area contributed by atoms with Gasteiger partial charge in [-0.25, -0.2) is 4.79 Å². The first-order valence-corrected chi connectivity index (χ1v) is 7.57. The van der Waals surface area contributed by atoms with Crippen molar-refractivity contribution in [3.63, 3.8) is 0 Å². The van der Waals surface area contributed by atoms with Crippen molar-refractivity contribution in [3.8, 4) is 6.07 Å². The zero-order chi connectivity index (χ0) is 16.5. The molecule has 6 nitrogen and oxygen atoms in total. The largest absolute Gasteiger partial charge is 0.444 e. The van der Waals surface area contributed by atoms with Crippen LogP contribution in [0.3, 0.4) is 0 Å². The standard InChI is InChI=1S/C16H24N4O2/c1-12(2)13-8-18-20(9-13)16(6-7-17)10-19(11-16)14(21)22-15(3,4)5/h8-9,12H,6,10-11H2,1-5H3. The summed E-state index contributed by atoms with van der Waals surface area (Å²) in [6, 6.07) is 2.22. The van der Waals surface area contributed by atoms with Crippen molar-refractivity contribution in [3.05, 3.63) is 18.0 Å². The molecule has 0 bridgehead atoms. The summed E-state index contributed by atoms with van der Waals surface area (Å²) < 4.78 is 7.21. The second-order valence-electron chi connectivity index (χ2n) is 7.27. The van der Waals surface area contributed by atoms with E-state index >= 15 is 0 Å². The Balaban J connectivity index is 2.10. The number of aromatic nitrogens is 2. The van der Waals surface area contributed by atoms with Crippen molar-refractivity contribution in [2.24, 2.45) is 0 Å². The number of carbonyl (C=O) groups is 1. The van der Waals surface area contributed by atoms with Crippen LogP contribution in [0.4, 0.5) is 4.79 Å². The highest BCUT2D eigenvalue weighted by molar-refractivity contribution is 5.69. The Hall–Kier alpha value is -2.03. The summed E-state index contributed by atoms with van der Waals surface area (Å²) >= 11 is 0. The summed E-state index contributed by atoms with van der Waals surface area (Å²) in [5, 5.41) is 13.5. The van der Waals surface area contributed by atoms with Crippen LogP contribution in [0.5, 0.6) is 0 Å². The molecule has 22 heavy (non-hydrogen) atoms. The number of carbonyl (C=O) groups excluding carboxylic acids is 1. The lowest BCUT2D eigenvalue weighted by Crippen LogP contribution is -2.64. The molecule has 1 aromatic heterocycles. The van der Waals surface area contributed by atoms with Gasteiger partial charge in [0.25, 0.3) is 0 Å². The van der Waals surface area contributed by atoms with Crippen LogP contribution in [0.1, 0.15) is 52.5 Å². The third kappa shape index (κ3) is 3.24. The van der Waals surface area contributed by atoms with E-state index < -0.39 is 11.1 Å². The van der Waals surface area contributed by atoms with E-state index in [1.54, 1.807) is 4.90 Å². The minimum Gasteiger partial charge on any atom is -0.444 e. The van der Waals surface area contributed by atoms with Gasteiger partial charge in [-0.3, -0.25) is 4.68 Å². The molecular formula is C16H24N4O2. The van der Waals surface area contributed by atoms with Crippen molar-refractivity contribution < 1.29 is 9.53 Å². The van der Waals surface area contributed by atoms with Crippen LogP contribution in [-0.2, 0) is 10.3 Å². The highest BCUT2D eigenvalue weighted by atomic mass is 16.6. The van der Waals surface area contributed by atoms with E-state index in [0.717, 1.165) is 5.56 Å². The van der Waals surface area contributed by atoms with Crippen molar-refractivity contribution >= 4 is 6.09 Å². The topological polar surface area (TPSA) is 71.2 Å². The van der Waals surface area contributed by atoms with Crippen LogP contribution in [0.25, 0.3) is 0 Å². The number of hydrogen-bond acceptors (Lipinski definition) is 4. The number of amides is 1. The van der Waals surface area contributed by atoms with E-state index in [-0.39, 0.29) is 6.09 Å². The monoisotopic (exact) mass is 304 g/mol. The number of hydrogen-bond donors (Lipinski definition) is 0. The lowest BCUT2D eigenvalue weighted by atomic mass is 9.87. The van der Waals surface area contributed by atoms with Gasteiger partial charge in [0.1, 0.15) is 11.1 Å². The molecule has 0 saturated carbocycles. The van der Waals surface area contributed by atoms with E-state index in [9.17, 15) is 4.79 Å². The van der Waals surface area contributed by atoms with Gasteiger partial charge in [0, 0.05) is 6.20 Å². The first-order valence-electron chi connectivity index (χ1n) is 7.57. The number of nitriles is 1. The number of likely N-dealkylation sites (tertiary alicyclic amines) is 1. The average Bonchev–Trinajstić information content (AvgIpc) is 2.80. The fourth-order valence-electron chi connectivity index (χ4n) is 2.50. The van der Waals surface area contributed by atoms with Crippen molar-refractivity contribution in [2.45, 2.75) is 58.1 Å². The second kappa shape index (κ2) is 5.64. The summed E-state index contributed by atoms with van der Waals surface area (Å²) in [6.07, 6.45) is 3.80. The van der Waals surface area contributed by atoms with Gasteiger partial charge >= 0.3 is 6.09 Å². The highest BCUT2D eigenvalue weighted by Gasteiger charge is 2.48. The molecule has 0 unspecified atom stereocenters. The summed E-state index contributed by atoms with van der Waals surface area (Å²) in [4.78, 5) is 13.7. The lowest BCUT2D eigenvalue weighted by Gasteiger charge is -2.48. The summed E-state index contributed by atoms with van der Waals surface area (Å²) in [7, 11) is 0. The first kappa shape index (κ1) is 16.3. The third-order valence-electron chi connectivity index (χ3n) is 3.79. The Bertz CT molecular complexity index is 586. The molecule has 6 heteroatoms. The Labute approximate surface area is 131 Å². The molecule has 2 rings (SSSR count). The molecule has 1 aromatic rings. The Morgan fingerprint density at radius 3 is 2.59 bits per heavy atom. The third-order valence-corrected chi connectivity index (χ3v) is 3.79. The Morgan fingerprint density at radius 1 is 1.50 bits per heavy atom. The summed E-state index contributed by atoms with van der Waals surface area (Å²) in [5.74, 6) is 0.384. The molecule has 2 heterocycles. The molecular weight excluding hydrogens is 280 g/mol. The molecule has 0 atom stereocenters. The van der Waals surface area contributed by atoms with Gasteiger partial charge in [0.2, 0.25) is 0 Å². The zero-order valence-electron chi connectivity index (χ0n) is 14.0. The van der Waals surface area contributed by atoms with E-state index in [4.69, 9.17) is 10.00 Å². The number of nitrogens with zero attached hydrogens (tertiary/aromatic N) is 4. The summed E-state index contributed by atoms with van der Waals surface area (Å²) in [6.45, 7) is 10.6. The quantitative estimate of drug-likeness (QED) is 0.861. The van der Waals surface area contributed by atoms with Gasteiger partial charge in [0.05, 0.1) is 31.8 Å². The van der Waals surface area contributed by atoms with Crippen LogP contribution in [0.15, 0.2) is 12.4 Å². The normalized spacial score (nSPS) is 17.0. The molecule has 0 spiro atoms. The first-order chi connectivity index (χ1) is 10.2. The van der Waals surface area contributed by atoms with Crippen LogP contribution < -0.4 is 0 Å². The van der Waals surface area contributed by atoms with Crippen molar-refractivity contribution in [2.75, 3.05) is 13.1 Å². The van der Waals surface area contributed by atoms with Crippen molar-refractivity contribution in [1.29, 1.82) is 5.26 Å². The predicted molar refractivity (Wildman–Crippen MR) is 82.3 cm³/mol. The molecule has 0 aromatic carbocycles. The SMILES string of the molecule is CC(C)c1cnn(C2(CC#N)CN(C(=O)OC(C)(C)C)C2)c1. The fourth-order valence-corrected chi connectivity index (χ4v) is 2.50. The van der Waals surface area contributed by atoms with Gasteiger partial charge in [-0.1, -0.05) is 13.8 Å². The lowest BCUT2D eigenvalue weighted by molar-refractivity contribution is -0.0314. The minimum absolute atomic E-state index is 0.325. The Morgan fingerprint density at radius 2 is 2.14 bits per heavy atom. The van der Waals surface area contributed by atoms with E-state index in [1.807, 2.05) is 37.8 Å². The fraction of sp³-hybridized carbons (Fsp3) is 0.688. The van der Waals surface area contributed by atoms with Crippen LogP contribution >= 0.6 is 0 Å². The molecule has 1 saturated heterocycles. The molecule has 120 valence electrons. The predicted octanol–water partition coefficient (Wildman–Crippen LogP) is 2.87. The van der Waals surface area contributed by atoms with Crippen molar-refractivity contribution in [1.82, 2.24) is 14.7 Å². The van der Waals surface area contributed by atoms with E-state index in [2.05, 4.69) is 25.0 Å². The smallest absolute Gasteiger partial charge is 0.410 e. The number of ether oxygens (including phenoxy) is 1. The van der Waals surface area contributed by atoms with Gasteiger partial charge in [-0.15, -0.1) is 0 Å². The maximum Gasteiger partial charge on any atom is 0.410 e. The van der Waals surface area contributed by atoms with Gasteiger partial charge in [-0.2, -0.15) is 10.4 Å². The maximum atomic E-state index is 12.1. The number of rotatable bonds is 3. The van der Waals surface area contributed by atoms with Crippen LogP contribution in [0, 0.1) is 11.3 Å². The van der Waals surface area contributed by atoms with Gasteiger partial charge < -0.3 is 9.64 Å². The second-order valence-corrected chi connectivity index (χ2v) is 7.27. The zero-order valence-corrected chi connectivity index (χ0v) is 14.0. The van der Waals surface area contributed by atoms with Crippen LogP contribution in [-0.4, -0.2) is 39.5 Å². The Kier molecular flexibility index (Phi) is 4.19. The molecule has 1 aliphatic rings. The molecule has 1 amide bonds. The molecule has 0 N–H and O–H groups in total. The van der Waals surface area contributed by atoms with E-state index in [1.165, 1.54) is 0 Å².